The first-order valence-corrected chi connectivity index (χ1v) is 41.3. The first kappa shape index (κ1) is 91.1. The van der Waals surface area contributed by atoms with Crippen LogP contribution in [0.25, 0.3) is 0 Å². The van der Waals surface area contributed by atoms with Gasteiger partial charge in [-0.3, -0.25) is 37.3 Å². The summed E-state index contributed by atoms with van der Waals surface area (Å²) in [5.74, 6) is 0.145. The minimum Gasteiger partial charge on any atom is -0.462 e. The van der Waals surface area contributed by atoms with Crippen molar-refractivity contribution in [2.75, 3.05) is 39.6 Å². The molecule has 17 nitrogen and oxygen atoms in total. The molecule has 0 radical (unpaired) electrons. The Labute approximate surface area is 568 Å². The highest BCUT2D eigenvalue weighted by molar-refractivity contribution is 7.47. The van der Waals surface area contributed by atoms with Gasteiger partial charge in [0, 0.05) is 25.7 Å². The van der Waals surface area contributed by atoms with E-state index in [1.165, 1.54) is 186 Å². The van der Waals surface area contributed by atoms with Crippen molar-refractivity contribution in [1.29, 1.82) is 0 Å². The maximum atomic E-state index is 13.1. The minimum absolute atomic E-state index is 0.102. The van der Waals surface area contributed by atoms with Crippen LogP contribution in [0.15, 0.2) is 0 Å². The second-order valence-electron chi connectivity index (χ2n) is 28.1. The van der Waals surface area contributed by atoms with E-state index in [4.69, 9.17) is 37.0 Å². The molecule has 0 rings (SSSR count). The van der Waals surface area contributed by atoms with Crippen molar-refractivity contribution in [3.05, 3.63) is 0 Å². The lowest BCUT2D eigenvalue weighted by molar-refractivity contribution is -0.161. The van der Waals surface area contributed by atoms with Crippen LogP contribution in [0, 0.1) is 17.8 Å². The standard InChI is InChI=1S/C74H144O17P2/c1-8-9-10-11-12-26-33-41-48-55-71(76)84-62-70(91-74(79)58-51-44-37-36-40-47-54-67(6)7)64-89-93(82,83)87-60-68(75)59-86-92(80,81)88-63-69(61-85-72(77)56-49-42-34-29-24-20-17-16-19-23-28-32-39-46-53-66(4)5)90-73(78)57-50-43-35-30-25-21-15-13-14-18-22-27-31-38-45-52-65(2)3/h65-70,75H,8-64H2,1-7H3,(H,80,81)(H,82,83)/t68-,69-,70-/m1/s1. The number of phosphoric acid groups is 2. The van der Waals surface area contributed by atoms with Crippen molar-refractivity contribution in [3.8, 4) is 0 Å². The Morgan fingerprint density at radius 1 is 0.290 bits per heavy atom. The smallest absolute Gasteiger partial charge is 0.462 e. The van der Waals surface area contributed by atoms with Crippen LogP contribution in [0.1, 0.15) is 376 Å². The van der Waals surface area contributed by atoms with Gasteiger partial charge >= 0.3 is 39.5 Å². The number of carbonyl (C=O) groups is 4. The lowest BCUT2D eigenvalue weighted by Crippen LogP contribution is -2.30. The van der Waals surface area contributed by atoms with Crippen LogP contribution < -0.4 is 0 Å². The van der Waals surface area contributed by atoms with Crippen LogP contribution in [0.2, 0.25) is 0 Å². The maximum Gasteiger partial charge on any atom is 0.472 e. The third-order valence-electron chi connectivity index (χ3n) is 17.1. The summed E-state index contributed by atoms with van der Waals surface area (Å²) in [4.78, 5) is 72.6. The number of aliphatic hydroxyl groups is 1. The maximum absolute atomic E-state index is 13.1. The largest absolute Gasteiger partial charge is 0.472 e. The number of hydrogen-bond acceptors (Lipinski definition) is 15. The predicted molar refractivity (Wildman–Crippen MR) is 377 cm³/mol. The summed E-state index contributed by atoms with van der Waals surface area (Å²) in [6, 6.07) is 0. The van der Waals surface area contributed by atoms with E-state index in [-0.39, 0.29) is 25.7 Å². The molecular weight excluding hydrogens is 1220 g/mol. The zero-order valence-corrected chi connectivity index (χ0v) is 62.5. The molecule has 0 spiro atoms. The molecule has 0 saturated carbocycles. The highest BCUT2D eigenvalue weighted by Crippen LogP contribution is 2.45. The molecule has 0 aromatic rings. The van der Waals surface area contributed by atoms with Gasteiger partial charge in [0.25, 0.3) is 0 Å². The number of carbonyl (C=O) groups excluding carboxylic acids is 4. The van der Waals surface area contributed by atoms with Gasteiger partial charge in [0.05, 0.1) is 26.4 Å². The molecule has 0 heterocycles. The minimum atomic E-state index is -4.96. The van der Waals surface area contributed by atoms with E-state index in [1.807, 2.05) is 0 Å². The van der Waals surface area contributed by atoms with E-state index in [0.29, 0.717) is 31.6 Å². The summed E-state index contributed by atoms with van der Waals surface area (Å²) in [6.07, 6.45) is 50.2. The zero-order valence-electron chi connectivity index (χ0n) is 60.7. The average molecular weight is 1370 g/mol. The van der Waals surface area contributed by atoms with Crippen molar-refractivity contribution < 1.29 is 80.2 Å². The Hall–Kier alpha value is -1.94. The topological polar surface area (TPSA) is 237 Å². The van der Waals surface area contributed by atoms with Gasteiger partial charge in [0.15, 0.2) is 12.2 Å². The third kappa shape index (κ3) is 68.4. The molecule has 0 bridgehead atoms. The van der Waals surface area contributed by atoms with Gasteiger partial charge in [0.1, 0.15) is 19.3 Å². The summed E-state index contributed by atoms with van der Waals surface area (Å²) < 4.78 is 68.3. The van der Waals surface area contributed by atoms with Crippen LogP contribution in [0.4, 0.5) is 0 Å². The first-order chi connectivity index (χ1) is 44.7. The predicted octanol–water partition coefficient (Wildman–Crippen LogP) is 21.4. The van der Waals surface area contributed by atoms with E-state index in [0.717, 1.165) is 102 Å². The molecule has 0 aliphatic rings. The van der Waals surface area contributed by atoms with E-state index in [9.17, 15) is 43.2 Å². The van der Waals surface area contributed by atoms with Gasteiger partial charge in [-0.2, -0.15) is 0 Å². The molecule has 0 aliphatic heterocycles. The van der Waals surface area contributed by atoms with Crippen molar-refractivity contribution in [3.63, 3.8) is 0 Å². The number of unbranched alkanes of at least 4 members (excludes halogenated alkanes) is 40. The van der Waals surface area contributed by atoms with E-state index >= 15 is 0 Å². The molecule has 552 valence electrons. The number of ether oxygens (including phenoxy) is 4. The summed E-state index contributed by atoms with van der Waals surface area (Å²) in [5, 5.41) is 10.6. The van der Waals surface area contributed by atoms with E-state index in [1.54, 1.807) is 0 Å². The molecule has 93 heavy (non-hydrogen) atoms. The molecule has 3 N–H and O–H groups in total. The Bertz CT molecular complexity index is 1820. The fourth-order valence-electron chi connectivity index (χ4n) is 11.2. The Kier molecular flexibility index (Phi) is 63.4. The summed E-state index contributed by atoms with van der Waals surface area (Å²) in [6.45, 7) is 11.8. The normalized spacial score (nSPS) is 14.1. The van der Waals surface area contributed by atoms with Crippen LogP contribution in [-0.2, 0) is 65.4 Å². The monoisotopic (exact) mass is 1370 g/mol. The second-order valence-corrected chi connectivity index (χ2v) is 31.0. The third-order valence-corrected chi connectivity index (χ3v) is 19.0. The molecule has 0 fully saturated rings. The van der Waals surface area contributed by atoms with Crippen molar-refractivity contribution in [2.45, 2.75) is 394 Å². The Morgan fingerprint density at radius 2 is 0.495 bits per heavy atom. The quantitative estimate of drug-likeness (QED) is 0.0222. The van der Waals surface area contributed by atoms with Gasteiger partial charge in [-0.25, -0.2) is 9.13 Å². The summed E-state index contributed by atoms with van der Waals surface area (Å²) >= 11 is 0. The number of phosphoric ester groups is 2. The van der Waals surface area contributed by atoms with E-state index < -0.39 is 97.5 Å². The number of esters is 4. The fraction of sp³-hybridized carbons (Fsp3) is 0.946. The molecule has 5 atom stereocenters. The second kappa shape index (κ2) is 64.7. The summed E-state index contributed by atoms with van der Waals surface area (Å²) in [5.41, 5.74) is 0. The fourth-order valence-corrected chi connectivity index (χ4v) is 12.8. The molecular formula is C74H144O17P2. The first-order valence-electron chi connectivity index (χ1n) is 38.3. The van der Waals surface area contributed by atoms with Crippen LogP contribution in [0.3, 0.4) is 0 Å². The van der Waals surface area contributed by atoms with Gasteiger partial charge < -0.3 is 33.8 Å². The molecule has 2 unspecified atom stereocenters. The van der Waals surface area contributed by atoms with Gasteiger partial charge in [-0.05, 0) is 43.4 Å². The molecule has 0 aromatic heterocycles. The van der Waals surface area contributed by atoms with Crippen molar-refractivity contribution in [1.82, 2.24) is 0 Å². The van der Waals surface area contributed by atoms with Gasteiger partial charge in [-0.15, -0.1) is 0 Å². The van der Waals surface area contributed by atoms with Crippen LogP contribution >= 0.6 is 15.6 Å². The molecule has 0 aliphatic carbocycles. The highest BCUT2D eigenvalue weighted by Gasteiger charge is 2.30. The molecule has 19 heteroatoms. The number of hydrogen-bond donors (Lipinski definition) is 3. The van der Waals surface area contributed by atoms with Crippen LogP contribution in [0.5, 0.6) is 0 Å². The molecule has 0 saturated heterocycles. The zero-order chi connectivity index (χ0) is 68.7. The lowest BCUT2D eigenvalue weighted by atomic mass is 10.0. The summed E-state index contributed by atoms with van der Waals surface area (Å²) in [7, 11) is -9.90. The molecule has 0 amide bonds. The average Bonchev–Trinajstić information content (AvgIpc) is 3.09. The number of aliphatic hydroxyl groups excluding tert-OH is 1. The number of rotatable bonds is 72. The Morgan fingerprint density at radius 3 is 0.731 bits per heavy atom. The lowest BCUT2D eigenvalue weighted by Gasteiger charge is -2.21. The Balaban J connectivity index is 5.20. The SMILES string of the molecule is CCCCCCCCCCCC(=O)OC[C@H](COP(=O)(O)OC[C@H](O)COP(=O)(O)OC[C@@H](COC(=O)CCCCCCCCCCCCCCCCC(C)C)OC(=O)CCCCCCCCCCCCCCCCCC(C)C)OC(=O)CCCCCCCCC(C)C. The molecule has 0 aromatic carbocycles. The van der Waals surface area contributed by atoms with Crippen molar-refractivity contribution >= 4 is 39.5 Å². The van der Waals surface area contributed by atoms with Gasteiger partial charge in [-0.1, -0.05) is 325 Å². The van der Waals surface area contributed by atoms with Crippen molar-refractivity contribution in [2.24, 2.45) is 17.8 Å². The van der Waals surface area contributed by atoms with Gasteiger partial charge in [0.2, 0.25) is 0 Å². The van der Waals surface area contributed by atoms with Crippen LogP contribution in [-0.4, -0.2) is 96.7 Å². The highest BCUT2D eigenvalue weighted by atomic mass is 31.2. The van der Waals surface area contributed by atoms with E-state index in [2.05, 4.69) is 48.5 Å².